The fourth-order valence-electron chi connectivity index (χ4n) is 0.832. The molecule has 0 spiro atoms. The number of aryl methyl sites for hydroxylation is 1. The van der Waals surface area contributed by atoms with E-state index in [9.17, 15) is 4.79 Å². The second kappa shape index (κ2) is 4.29. The summed E-state index contributed by atoms with van der Waals surface area (Å²) < 4.78 is 0. The van der Waals surface area contributed by atoms with Crippen molar-refractivity contribution in [2.45, 2.75) is 6.92 Å². The lowest BCUT2D eigenvalue weighted by Gasteiger charge is -2.04. The molecule has 0 saturated heterocycles. The topological polar surface area (TPSA) is 59.3 Å². The number of hydrogen-bond donors (Lipinski definition) is 2. The van der Waals surface area contributed by atoms with Crippen LogP contribution in [-0.2, 0) is 4.79 Å². The van der Waals surface area contributed by atoms with Gasteiger partial charge in [-0.25, -0.2) is 0 Å². The molecule has 2 N–H and O–H groups in total. The van der Waals surface area contributed by atoms with Crippen LogP contribution < -0.4 is 10.2 Å². The SMILES string of the molecule is Cc1nnc(NC(=O)C[NH+](C)C)s1. The Balaban J connectivity index is 2.45. The lowest BCUT2D eigenvalue weighted by atomic mass is 10.5. The summed E-state index contributed by atoms with van der Waals surface area (Å²) >= 11 is 1.38. The van der Waals surface area contributed by atoms with Crippen molar-refractivity contribution >= 4 is 22.4 Å². The van der Waals surface area contributed by atoms with Gasteiger partial charge >= 0.3 is 0 Å². The standard InChI is InChI=1S/C7H12N4OS/c1-5-9-10-7(13-5)8-6(12)4-11(2)3/h4H2,1-3H3,(H,8,10,12)/p+1. The molecule has 0 aromatic carbocycles. The molecular formula is C7H13N4OS+. The van der Waals surface area contributed by atoms with Gasteiger partial charge in [0, 0.05) is 0 Å². The highest BCUT2D eigenvalue weighted by Gasteiger charge is 2.08. The molecule has 72 valence electrons. The molecule has 0 atom stereocenters. The summed E-state index contributed by atoms with van der Waals surface area (Å²) in [6, 6.07) is 0. The summed E-state index contributed by atoms with van der Waals surface area (Å²) in [6.07, 6.45) is 0. The third-order valence-electron chi connectivity index (χ3n) is 1.29. The molecule has 0 aliphatic rings. The minimum absolute atomic E-state index is 0.0313. The Morgan fingerprint density at radius 3 is 2.69 bits per heavy atom. The van der Waals surface area contributed by atoms with E-state index in [0.29, 0.717) is 11.7 Å². The van der Waals surface area contributed by atoms with Crippen molar-refractivity contribution in [3.8, 4) is 0 Å². The molecule has 1 rings (SSSR count). The number of hydrogen-bond acceptors (Lipinski definition) is 4. The monoisotopic (exact) mass is 201 g/mol. The quantitative estimate of drug-likeness (QED) is 0.654. The number of nitrogens with one attached hydrogen (secondary N) is 2. The summed E-state index contributed by atoms with van der Waals surface area (Å²) in [5, 5.41) is 11.7. The summed E-state index contributed by atoms with van der Waals surface area (Å²) in [7, 11) is 3.84. The van der Waals surface area contributed by atoms with Gasteiger partial charge in [0.2, 0.25) is 5.13 Å². The van der Waals surface area contributed by atoms with E-state index in [1.165, 1.54) is 11.3 Å². The predicted molar refractivity (Wildman–Crippen MR) is 51.0 cm³/mol. The zero-order valence-electron chi connectivity index (χ0n) is 7.92. The van der Waals surface area contributed by atoms with Crippen molar-refractivity contribution in [3.05, 3.63) is 5.01 Å². The van der Waals surface area contributed by atoms with Gasteiger partial charge in [-0.1, -0.05) is 11.3 Å². The van der Waals surface area contributed by atoms with E-state index < -0.39 is 0 Å². The van der Waals surface area contributed by atoms with Crippen molar-refractivity contribution in [2.75, 3.05) is 26.0 Å². The number of quaternary nitrogens is 1. The fourth-order valence-corrected chi connectivity index (χ4v) is 1.44. The summed E-state index contributed by atoms with van der Waals surface area (Å²) in [6.45, 7) is 2.29. The molecule has 1 aromatic heterocycles. The van der Waals surface area contributed by atoms with Crippen LogP contribution in [0.15, 0.2) is 0 Å². The third kappa shape index (κ3) is 3.47. The van der Waals surface area contributed by atoms with Crippen LogP contribution in [0.1, 0.15) is 5.01 Å². The van der Waals surface area contributed by atoms with E-state index in [-0.39, 0.29) is 5.91 Å². The molecule has 0 aliphatic carbocycles. The first-order chi connectivity index (χ1) is 6.08. The number of aromatic nitrogens is 2. The van der Waals surface area contributed by atoms with Gasteiger partial charge in [0.1, 0.15) is 5.01 Å². The molecule has 0 saturated carbocycles. The molecule has 0 fully saturated rings. The average molecular weight is 201 g/mol. The van der Waals surface area contributed by atoms with Crippen LogP contribution in [0, 0.1) is 6.92 Å². The molecule has 0 unspecified atom stereocenters. The molecule has 6 heteroatoms. The number of anilines is 1. The normalized spacial score (nSPS) is 10.5. The van der Waals surface area contributed by atoms with Gasteiger partial charge < -0.3 is 4.90 Å². The first kappa shape index (κ1) is 10.1. The minimum atomic E-state index is -0.0313. The van der Waals surface area contributed by atoms with E-state index in [2.05, 4.69) is 15.5 Å². The maximum atomic E-state index is 11.2. The molecule has 1 heterocycles. The number of amides is 1. The maximum absolute atomic E-state index is 11.2. The van der Waals surface area contributed by atoms with Crippen molar-refractivity contribution in [1.82, 2.24) is 10.2 Å². The van der Waals surface area contributed by atoms with Gasteiger partial charge in [0.25, 0.3) is 5.91 Å². The second-order valence-electron chi connectivity index (χ2n) is 3.06. The molecular weight excluding hydrogens is 188 g/mol. The van der Waals surface area contributed by atoms with Crippen LogP contribution in [0.25, 0.3) is 0 Å². The van der Waals surface area contributed by atoms with Gasteiger partial charge in [0.05, 0.1) is 14.1 Å². The van der Waals surface area contributed by atoms with E-state index in [1.54, 1.807) is 0 Å². The zero-order valence-corrected chi connectivity index (χ0v) is 8.73. The Labute approximate surface area is 80.8 Å². The number of likely N-dealkylation sites (N-methyl/N-ethyl adjacent to an activating group) is 1. The Kier molecular flexibility index (Phi) is 3.32. The molecule has 0 bridgehead atoms. The lowest BCUT2D eigenvalue weighted by molar-refractivity contribution is -0.849. The minimum Gasteiger partial charge on any atom is -0.332 e. The number of nitrogens with zero attached hydrogens (tertiary/aromatic N) is 2. The number of carbonyl (C=O) groups is 1. The first-order valence-electron chi connectivity index (χ1n) is 3.97. The second-order valence-corrected chi connectivity index (χ2v) is 4.24. The van der Waals surface area contributed by atoms with Crippen LogP contribution >= 0.6 is 11.3 Å². The smallest absolute Gasteiger partial charge is 0.281 e. The van der Waals surface area contributed by atoms with Gasteiger partial charge in [-0.15, -0.1) is 10.2 Å². The van der Waals surface area contributed by atoms with E-state index >= 15 is 0 Å². The lowest BCUT2D eigenvalue weighted by Crippen LogP contribution is -3.06. The first-order valence-corrected chi connectivity index (χ1v) is 4.78. The molecule has 5 nitrogen and oxygen atoms in total. The summed E-state index contributed by atoms with van der Waals surface area (Å²) in [4.78, 5) is 12.3. The van der Waals surface area contributed by atoms with E-state index in [1.807, 2.05) is 21.0 Å². The predicted octanol–water partition coefficient (Wildman–Crippen LogP) is -1.07. The van der Waals surface area contributed by atoms with E-state index in [0.717, 1.165) is 9.91 Å². The van der Waals surface area contributed by atoms with Gasteiger partial charge in [-0.2, -0.15) is 0 Å². The van der Waals surface area contributed by atoms with Crippen LogP contribution in [0.5, 0.6) is 0 Å². The van der Waals surface area contributed by atoms with Crippen molar-refractivity contribution in [3.63, 3.8) is 0 Å². The summed E-state index contributed by atoms with van der Waals surface area (Å²) in [5.74, 6) is -0.0313. The van der Waals surface area contributed by atoms with Crippen LogP contribution in [0.2, 0.25) is 0 Å². The van der Waals surface area contributed by atoms with Gasteiger partial charge in [0.15, 0.2) is 6.54 Å². The number of carbonyl (C=O) groups excluding carboxylic acids is 1. The largest absolute Gasteiger partial charge is 0.332 e. The van der Waals surface area contributed by atoms with Gasteiger partial charge in [-0.3, -0.25) is 10.1 Å². The van der Waals surface area contributed by atoms with Gasteiger partial charge in [-0.05, 0) is 6.92 Å². The van der Waals surface area contributed by atoms with Crippen LogP contribution in [0.4, 0.5) is 5.13 Å². The van der Waals surface area contributed by atoms with Crippen molar-refractivity contribution in [2.24, 2.45) is 0 Å². The summed E-state index contributed by atoms with van der Waals surface area (Å²) in [5.41, 5.74) is 0. The Morgan fingerprint density at radius 1 is 1.54 bits per heavy atom. The highest BCUT2D eigenvalue weighted by atomic mass is 32.1. The third-order valence-corrected chi connectivity index (χ3v) is 2.04. The Hall–Kier alpha value is -1.01. The molecule has 13 heavy (non-hydrogen) atoms. The fraction of sp³-hybridized carbons (Fsp3) is 0.571. The maximum Gasteiger partial charge on any atom is 0.281 e. The Bertz CT molecular complexity index is 296. The van der Waals surface area contributed by atoms with Crippen LogP contribution in [-0.4, -0.2) is 36.7 Å². The van der Waals surface area contributed by atoms with Crippen LogP contribution in [0.3, 0.4) is 0 Å². The molecule has 1 amide bonds. The Morgan fingerprint density at radius 2 is 2.23 bits per heavy atom. The zero-order chi connectivity index (χ0) is 9.84. The highest BCUT2D eigenvalue weighted by molar-refractivity contribution is 7.15. The number of rotatable bonds is 3. The molecule has 1 aromatic rings. The average Bonchev–Trinajstić information content (AvgIpc) is 2.33. The van der Waals surface area contributed by atoms with Crippen molar-refractivity contribution in [1.29, 1.82) is 0 Å². The molecule has 0 aliphatic heterocycles. The highest BCUT2D eigenvalue weighted by Crippen LogP contribution is 2.12. The van der Waals surface area contributed by atoms with Crippen molar-refractivity contribution < 1.29 is 9.69 Å². The van der Waals surface area contributed by atoms with E-state index in [4.69, 9.17) is 0 Å². The molecule has 0 radical (unpaired) electrons.